The van der Waals surface area contributed by atoms with Gasteiger partial charge in [0.2, 0.25) is 5.75 Å². The van der Waals surface area contributed by atoms with E-state index in [1.165, 1.54) is 33.5 Å². The van der Waals surface area contributed by atoms with Crippen LogP contribution in [0.2, 0.25) is 0 Å². The van der Waals surface area contributed by atoms with Crippen LogP contribution in [-0.2, 0) is 0 Å². The van der Waals surface area contributed by atoms with E-state index in [4.69, 9.17) is 14.2 Å². The number of methoxy groups -OCH3 is 3. The molecule has 0 saturated carbocycles. The predicted octanol–water partition coefficient (Wildman–Crippen LogP) is 2.44. The first-order valence-corrected chi connectivity index (χ1v) is 8.26. The number of Topliss-reactive ketones (excluding diaryl/α,β-unsaturated/α-hetero) is 1. The minimum atomic E-state index is -1.31. The lowest BCUT2D eigenvalue weighted by Crippen LogP contribution is -2.20. The molecule has 0 bridgehead atoms. The van der Waals surface area contributed by atoms with Crippen molar-refractivity contribution in [2.24, 2.45) is 0 Å². The van der Waals surface area contributed by atoms with Crippen molar-refractivity contribution in [1.82, 2.24) is 9.97 Å². The molecule has 28 heavy (non-hydrogen) atoms. The lowest BCUT2D eigenvalue weighted by Gasteiger charge is -2.15. The molecular weight excluding hydrogens is 362 g/mol. The van der Waals surface area contributed by atoms with E-state index in [2.05, 4.69) is 9.97 Å². The molecule has 1 unspecified atom stereocenters. The fourth-order valence-electron chi connectivity index (χ4n) is 2.88. The Morgan fingerprint density at radius 2 is 1.75 bits per heavy atom. The average molecular weight is 379 g/mol. The van der Waals surface area contributed by atoms with E-state index in [0.29, 0.717) is 16.7 Å². The molecule has 0 aliphatic heterocycles. The van der Waals surface area contributed by atoms with Crippen molar-refractivity contribution in [3.63, 3.8) is 0 Å². The first kappa shape index (κ1) is 18.9. The van der Waals surface area contributed by atoms with Crippen LogP contribution in [0.3, 0.4) is 0 Å². The SMILES string of the molecule is COc1cc(C(=O)C(C#N)c2nc3ccccc3c(=O)[nH]2)cc(OC)c1OC. The summed E-state index contributed by atoms with van der Waals surface area (Å²) in [5, 5.41) is 9.99. The van der Waals surface area contributed by atoms with Gasteiger partial charge in [0.25, 0.3) is 5.56 Å². The summed E-state index contributed by atoms with van der Waals surface area (Å²) in [6.07, 6.45) is 0. The van der Waals surface area contributed by atoms with Gasteiger partial charge in [0, 0.05) is 5.56 Å². The van der Waals surface area contributed by atoms with Crippen molar-refractivity contribution < 1.29 is 19.0 Å². The van der Waals surface area contributed by atoms with E-state index in [1.54, 1.807) is 24.3 Å². The van der Waals surface area contributed by atoms with E-state index >= 15 is 0 Å². The molecule has 0 saturated heterocycles. The number of ketones is 1. The van der Waals surface area contributed by atoms with Crippen LogP contribution in [0.15, 0.2) is 41.2 Å². The number of para-hydroxylation sites is 1. The van der Waals surface area contributed by atoms with Gasteiger partial charge in [0.05, 0.1) is 38.3 Å². The van der Waals surface area contributed by atoms with Crippen LogP contribution in [0.1, 0.15) is 22.1 Å². The van der Waals surface area contributed by atoms with Crippen molar-refractivity contribution in [2.45, 2.75) is 5.92 Å². The van der Waals surface area contributed by atoms with Crippen LogP contribution < -0.4 is 19.8 Å². The number of hydrogen-bond donors (Lipinski definition) is 1. The number of nitrogens with zero attached hydrogens (tertiary/aromatic N) is 2. The van der Waals surface area contributed by atoms with Crippen LogP contribution >= 0.6 is 0 Å². The largest absolute Gasteiger partial charge is 0.493 e. The normalized spacial score (nSPS) is 11.5. The zero-order valence-corrected chi connectivity index (χ0v) is 15.5. The molecule has 0 radical (unpaired) electrons. The predicted molar refractivity (Wildman–Crippen MR) is 101 cm³/mol. The van der Waals surface area contributed by atoms with E-state index in [-0.39, 0.29) is 22.9 Å². The monoisotopic (exact) mass is 379 g/mol. The maximum Gasteiger partial charge on any atom is 0.258 e. The first-order valence-electron chi connectivity index (χ1n) is 8.26. The number of hydrogen-bond acceptors (Lipinski definition) is 7. The summed E-state index contributed by atoms with van der Waals surface area (Å²) in [6, 6.07) is 11.5. The Morgan fingerprint density at radius 3 is 2.32 bits per heavy atom. The highest BCUT2D eigenvalue weighted by Crippen LogP contribution is 2.39. The van der Waals surface area contributed by atoms with E-state index in [0.717, 1.165) is 0 Å². The third-order valence-electron chi connectivity index (χ3n) is 4.25. The average Bonchev–Trinajstić information content (AvgIpc) is 2.73. The highest BCUT2D eigenvalue weighted by Gasteiger charge is 2.27. The second-order valence-electron chi connectivity index (χ2n) is 5.81. The molecule has 1 heterocycles. The highest BCUT2D eigenvalue weighted by molar-refractivity contribution is 6.03. The molecule has 3 aromatic rings. The van der Waals surface area contributed by atoms with Crippen LogP contribution in [-0.4, -0.2) is 37.1 Å². The van der Waals surface area contributed by atoms with Crippen molar-refractivity contribution in [3.8, 4) is 23.3 Å². The van der Waals surface area contributed by atoms with Gasteiger partial charge >= 0.3 is 0 Å². The van der Waals surface area contributed by atoms with Gasteiger partial charge in [-0.3, -0.25) is 9.59 Å². The number of carbonyl (C=O) groups excluding carboxylic acids is 1. The van der Waals surface area contributed by atoms with Crippen molar-refractivity contribution >= 4 is 16.7 Å². The van der Waals surface area contributed by atoms with Gasteiger partial charge in [-0.05, 0) is 24.3 Å². The van der Waals surface area contributed by atoms with Gasteiger partial charge in [0.1, 0.15) is 5.82 Å². The molecular formula is C20H17N3O5. The Labute approximate surface area is 160 Å². The van der Waals surface area contributed by atoms with Crippen molar-refractivity contribution in [3.05, 3.63) is 58.1 Å². The van der Waals surface area contributed by atoms with Gasteiger partial charge in [-0.25, -0.2) is 4.98 Å². The van der Waals surface area contributed by atoms with Crippen LogP contribution in [0.4, 0.5) is 0 Å². The van der Waals surface area contributed by atoms with E-state index in [9.17, 15) is 14.9 Å². The Morgan fingerprint density at radius 1 is 1.11 bits per heavy atom. The molecule has 2 aromatic carbocycles. The minimum absolute atomic E-state index is 0.0232. The topological polar surface area (TPSA) is 114 Å². The van der Waals surface area contributed by atoms with E-state index < -0.39 is 17.3 Å². The molecule has 8 heteroatoms. The molecule has 0 fully saturated rings. The molecule has 0 aliphatic rings. The summed E-state index contributed by atoms with van der Waals surface area (Å²) in [5.41, 5.74) is 0.148. The standard InChI is InChI=1S/C20H17N3O5/c1-26-15-8-11(9-16(27-2)18(15)28-3)17(24)13(10-21)19-22-14-7-5-4-6-12(14)20(25)23-19/h4-9,13H,1-3H3,(H,22,23,25). The summed E-state index contributed by atoms with van der Waals surface area (Å²) >= 11 is 0. The zero-order valence-electron chi connectivity index (χ0n) is 15.5. The van der Waals surface area contributed by atoms with Gasteiger partial charge in [-0.1, -0.05) is 12.1 Å². The molecule has 1 aromatic heterocycles. The number of nitriles is 1. The summed E-state index contributed by atoms with van der Waals surface area (Å²) in [6.45, 7) is 0. The number of H-pyrrole nitrogens is 1. The maximum absolute atomic E-state index is 13.0. The van der Waals surface area contributed by atoms with Crippen LogP contribution in [0, 0.1) is 11.3 Å². The molecule has 8 nitrogen and oxygen atoms in total. The van der Waals surface area contributed by atoms with Gasteiger partial charge in [0.15, 0.2) is 23.2 Å². The van der Waals surface area contributed by atoms with Crippen LogP contribution in [0.25, 0.3) is 10.9 Å². The molecule has 142 valence electrons. The summed E-state index contributed by atoms with van der Waals surface area (Å²) in [4.78, 5) is 32.1. The Kier molecular flexibility index (Phi) is 5.27. The highest BCUT2D eigenvalue weighted by atomic mass is 16.5. The summed E-state index contributed by atoms with van der Waals surface area (Å²) < 4.78 is 15.7. The second-order valence-corrected chi connectivity index (χ2v) is 5.81. The lowest BCUT2D eigenvalue weighted by atomic mass is 9.97. The number of aromatic amines is 1. The molecule has 0 amide bonds. The van der Waals surface area contributed by atoms with E-state index in [1.807, 2.05) is 6.07 Å². The molecule has 1 N–H and O–H groups in total. The molecule has 0 aliphatic carbocycles. The zero-order chi connectivity index (χ0) is 20.3. The van der Waals surface area contributed by atoms with Gasteiger partial charge in [-0.2, -0.15) is 5.26 Å². The minimum Gasteiger partial charge on any atom is -0.493 e. The fraction of sp³-hybridized carbons (Fsp3) is 0.200. The number of carbonyl (C=O) groups is 1. The Hall–Kier alpha value is -3.86. The van der Waals surface area contributed by atoms with Gasteiger partial charge in [-0.15, -0.1) is 0 Å². The number of aromatic nitrogens is 2. The second kappa shape index (κ2) is 7.80. The summed E-state index contributed by atoms with van der Waals surface area (Å²) in [5.74, 6) is -0.999. The third-order valence-corrected chi connectivity index (χ3v) is 4.25. The first-order chi connectivity index (χ1) is 13.5. The Bertz CT molecular complexity index is 1120. The molecule has 0 spiro atoms. The quantitative estimate of drug-likeness (QED) is 0.654. The fourth-order valence-corrected chi connectivity index (χ4v) is 2.88. The number of rotatable bonds is 6. The lowest BCUT2D eigenvalue weighted by molar-refractivity contribution is 0.0975. The molecule has 3 rings (SSSR count). The van der Waals surface area contributed by atoms with Crippen molar-refractivity contribution in [2.75, 3.05) is 21.3 Å². The smallest absolute Gasteiger partial charge is 0.258 e. The third kappa shape index (κ3) is 3.25. The number of ether oxygens (including phenoxy) is 3. The number of nitrogens with one attached hydrogen (secondary N) is 1. The maximum atomic E-state index is 13.0. The number of benzene rings is 2. The Balaban J connectivity index is 2.11. The summed E-state index contributed by atoms with van der Waals surface area (Å²) in [7, 11) is 4.30. The van der Waals surface area contributed by atoms with Crippen LogP contribution in [0.5, 0.6) is 17.2 Å². The molecule has 1 atom stereocenters. The number of fused-ring (bicyclic) bond motifs is 1. The van der Waals surface area contributed by atoms with Crippen molar-refractivity contribution in [1.29, 1.82) is 5.26 Å². The van der Waals surface area contributed by atoms with Gasteiger partial charge < -0.3 is 19.2 Å².